The van der Waals surface area contributed by atoms with Crippen molar-refractivity contribution in [2.75, 3.05) is 10.6 Å². The molecule has 0 aliphatic carbocycles. The van der Waals surface area contributed by atoms with Crippen LogP contribution < -0.4 is 10.6 Å². The summed E-state index contributed by atoms with van der Waals surface area (Å²) >= 11 is 14.9. The third-order valence-corrected chi connectivity index (χ3v) is 7.51. The molecule has 33 heavy (non-hydrogen) atoms. The Morgan fingerprint density at radius 3 is 2.18 bits per heavy atom. The van der Waals surface area contributed by atoms with Crippen LogP contribution in [-0.4, -0.2) is 11.8 Å². The van der Waals surface area contributed by atoms with Gasteiger partial charge in [0.1, 0.15) is 5.25 Å². The molecule has 0 spiro atoms. The molecule has 0 bridgehead atoms. The number of nitrogens with one attached hydrogen (secondary N) is 2. The Hall–Kier alpha value is -2.77. The van der Waals surface area contributed by atoms with Gasteiger partial charge >= 0.3 is 0 Å². The van der Waals surface area contributed by atoms with Crippen molar-refractivity contribution in [2.24, 2.45) is 0 Å². The van der Waals surface area contributed by atoms with Crippen molar-refractivity contribution in [3.05, 3.63) is 111 Å². The first-order chi connectivity index (χ1) is 16.0. The molecule has 0 aliphatic rings. The van der Waals surface area contributed by atoms with Crippen molar-refractivity contribution in [3.63, 3.8) is 0 Å². The van der Waals surface area contributed by atoms with Crippen molar-refractivity contribution >= 4 is 69.5 Å². The highest BCUT2D eigenvalue weighted by molar-refractivity contribution is 8.00. The highest BCUT2D eigenvalue weighted by atomic mass is 35.5. The van der Waals surface area contributed by atoms with Crippen LogP contribution in [0.15, 0.2) is 95.2 Å². The van der Waals surface area contributed by atoms with Crippen LogP contribution in [-0.2, 0) is 4.79 Å². The molecule has 2 N–H and O–H groups in total. The predicted octanol–water partition coefficient (Wildman–Crippen LogP) is 7.78. The number of amides is 2. The van der Waals surface area contributed by atoms with E-state index in [4.69, 9.17) is 23.2 Å². The molecule has 1 aromatic heterocycles. The highest BCUT2D eigenvalue weighted by Gasteiger charge is 2.22. The molecule has 8 heteroatoms. The topological polar surface area (TPSA) is 58.2 Å². The average Bonchev–Trinajstić information content (AvgIpc) is 3.37. The smallest absolute Gasteiger partial charge is 0.265 e. The Morgan fingerprint density at radius 1 is 0.788 bits per heavy atom. The number of anilines is 2. The van der Waals surface area contributed by atoms with Crippen LogP contribution in [0.4, 0.5) is 11.4 Å². The van der Waals surface area contributed by atoms with Crippen LogP contribution in [0.2, 0.25) is 10.0 Å². The lowest BCUT2D eigenvalue weighted by Gasteiger charge is -2.17. The third kappa shape index (κ3) is 6.18. The summed E-state index contributed by atoms with van der Waals surface area (Å²) in [6, 6.07) is 25.6. The summed E-state index contributed by atoms with van der Waals surface area (Å²) in [7, 11) is 0. The predicted molar refractivity (Wildman–Crippen MR) is 139 cm³/mol. The molecule has 4 aromatic rings. The zero-order chi connectivity index (χ0) is 23.2. The van der Waals surface area contributed by atoms with Gasteiger partial charge in [0.2, 0.25) is 5.91 Å². The molecule has 3 aromatic carbocycles. The summed E-state index contributed by atoms with van der Waals surface area (Å²) in [5.41, 5.74) is 2.13. The molecular weight excluding hydrogens is 495 g/mol. The molecular formula is C25H18Cl2N2O2S2. The quantitative estimate of drug-likeness (QED) is 0.248. The van der Waals surface area contributed by atoms with Crippen molar-refractivity contribution in [2.45, 2.75) is 10.1 Å². The lowest BCUT2D eigenvalue weighted by Crippen LogP contribution is -2.19. The largest absolute Gasteiger partial charge is 0.325 e. The van der Waals surface area contributed by atoms with Gasteiger partial charge in [0.25, 0.3) is 5.91 Å². The first-order valence-electron chi connectivity index (χ1n) is 9.92. The van der Waals surface area contributed by atoms with Crippen LogP contribution in [0.25, 0.3) is 0 Å². The Bertz CT molecular complexity index is 1250. The molecule has 0 fully saturated rings. The second kappa shape index (κ2) is 10.9. The second-order valence-electron chi connectivity index (χ2n) is 6.98. The maximum atomic E-state index is 13.2. The van der Waals surface area contributed by atoms with Crippen LogP contribution in [0.3, 0.4) is 0 Å². The second-order valence-corrected chi connectivity index (χ2v) is 9.92. The van der Waals surface area contributed by atoms with Gasteiger partial charge < -0.3 is 10.6 Å². The molecule has 4 nitrogen and oxygen atoms in total. The zero-order valence-corrected chi connectivity index (χ0v) is 20.3. The van der Waals surface area contributed by atoms with Gasteiger partial charge in [-0.05, 0) is 59.5 Å². The van der Waals surface area contributed by atoms with E-state index in [1.165, 1.54) is 23.1 Å². The standard InChI is InChI=1S/C25H18Cl2N2O2S2/c26-20-13-10-18(15-21(20)27)29-25(31)23(16-5-2-1-3-6-16)33-19-11-8-17(9-12-19)28-24(30)22-7-4-14-32-22/h1-15,23H,(H,28,30)(H,29,31). The summed E-state index contributed by atoms with van der Waals surface area (Å²) in [5, 5.41) is 7.97. The van der Waals surface area contributed by atoms with Gasteiger partial charge in [0.15, 0.2) is 0 Å². The molecule has 1 heterocycles. The minimum atomic E-state index is -0.493. The minimum Gasteiger partial charge on any atom is -0.325 e. The van der Waals surface area contributed by atoms with Crippen LogP contribution in [0.5, 0.6) is 0 Å². The van der Waals surface area contributed by atoms with Crippen molar-refractivity contribution in [1.82, 2.24) is 0 Å². The zero-order valence-electron chi connectivity index (χ0n) is 17.1. The normalized spacial score (nSPS) is 11.6. The van der Waals surface area contributed by atoms with Gasteiger partial charge in [-0.2, -0.15) is 0 Å². The Kier molecular flexibility index (Phi) is 7.73. The average molecular weight is 513 g/mol. The van der Waals surface area contributed by atoms with Gasteiger partial charge in [-0.15, -0.1) is 23.1 Å². The fourth-order valence-electron chi connectivity index (χ4n) is 3.04. The highest BCUT2D eigenvalue weighted by Crippen LogP contribution is 2.37. The molecule has 0 saturated heterocycles. The van der Waals surface area contributed by atoms with Gasteiger partial charge in [-0.25, -0.2) is 0 Å². The van der Waals surface area contributed by atoms with E-state index in [1.54, 1.807) is 24.3 Å². The molecule has 1 atom stereocenters. The number of carbonyl (C=O) groups is 2. The van der Waals surface area contributed by atoms with Crippen molar-refractivity contribution < 1.29 is 9.59 Å². The third-order valence-electron chi connectivity index (χ3n) is 4.64. The number of carbonyl (C=O) groups excluding carboxylic acids is 2. The van der Waals surface area contributed by atoms with Gasteiger partial charge in [0, 0.05) is 16.3 Å². The summed E-state index contributed by atoms with van der Waals surface area (Å²) in [4.78, 5) is 27.0. The Labute approximate surface area is 209 Å². The summed E-state index contributed by atoms with van der Waals surface area (Å²) in [6.07, 6.45) is 0. The number of thiophene rings is 1. The maximum absolute atomic E-state index is 13.2. The van der Waals surface area contributed by atoms with E-state index in [0.717, 1.165) is 10.5 Å². The lowest BCUT2D eigenvalue weighted by atomic mass is 10.1. The molecule has 2 amide bonds. The minimum absolute atomic E-state index is 0.145. The molecule has 4 rings (SSSR count). The first-order valence-corrected chi connectivity index (χ1v) is 12.4. The van der Waals surface area contributed by atoms with Gasteiger partial charge in [0.05, 0.1) is 14.9 Å². The molecule has 0 aliphatic heterocycles. The lowest BCUT2D eigenvalue weighted by molar-refractivity contribution is -0.115. The van der Waals surface area contributed by atoms with E-state index in [2.05, 4.69) is 10.6 Å². The monoisotopic (exact) mass is 512 g/mol. The number of rotatable bonds is 7. The summed E-state index contributed by atoms with van der Waals surface area (Å²) < 4.78 is 0. The fraction of sp³-hybridized carbons (Fsp3) is 0.0400. The number of halogens is 2. The SMILES string of the molecule is O=C(Nc1ccc(SC(C(=O)Nc2ccc(Cl)c(Cl)c2)c2ccccc2)cc1)c1cccs1. The van der Waals surface area contributed by atoms with Gasteiger partial charge in [-0.1, -0.05) is 59.6 Å². The summed E-state index contributed by atoms with van der Waals surface area (Å²) in [6.45, 7) is 0. The van der Waals surface area contributed by atoms with Crippen LogP contribution >= 0.6 is 46.3 Å². The fourth-order valence-corrected chi connectivity index (χ4v) is 4.98. The maximum Gasteiger partial charge on any atom is 0.265 e. The van der Waals surface area contributed by atoms with Gasteiger partial charge in [-0.3, -0.25) is 9.59 Å². The summed E-state index contributed by atoms with van der Waals surface area (Å²) in [5.74, 6) is -0.326. The Balaban J connectivity index is 1.50. The number of benzene rings is 3. The van der Waals surface area contributed by atoms with Crippen molar-refractivity contribution in [3.8, 4) is 0 Å². The van der Waals surface area contributed by atoms with E-state index in [-0.39, 0.29) is 11.8 Å². The number of hydrogen-bond acceptors (Lipinski definition) is 4. The number of thioether (sulfide) groups is 1. The molecule has 0 radical (unpaired) electrons. The van der Waals surface area contributed by atoms with E-state index >= 15 is 0 Å². The molecule has 166 valence electrons. The van der Waals surface area contributed by atoms with Crippen molar-refractivity contribution in [1.29, 1.82) is 0 Å². The van der Waals surface area contributed by atoms with E-state index < -0.39 is 5.25 Å². The van der Waals surface area contributed by atoms with E-state index in [9.17, 15) is 9.59 Å². The Morgan fingerprint density at radius 2 is 1.52 bits per heavy atom. The molecule has 0 saturated carbocycles. The van der Waals surface area contributed by atoms with Crippen LogP contribution in [0, 0.1) is 0 Å². The number of hydrogen-bond donors (Lipinski definition) is 2. The molecule has 1 unspecified atom stereocenters. The van der Waals surface area contributed by atoms with E-state index in [1.807, 2.05) is 66.0 Å². The van der Waals surface area contributed by atoms with Crippen LogP contribution in [0.1, 0.15) is 20.5 Å². The van der Waals surface area contributed by atoms with E-state index in [0.29, 0.717) is 26.3 Å². The first kappa shape index (κ1) is 23.4.